The molecule has 1 amide bonds. The van der Waals surface area contributed by atoms with E-state index < -0.39 is 0 Å². The number of aromatic nitrogens is 1. The monoisotopic (exact) mass is 234 g/mol. The molecule has 2 aromatic heterocycles. The number of carbonyl (C=O) groups is 1. The molecule has 17 heavy (non-hydrogen) atoms. The Morgan fingerprint density at radius 2 is 2.41 bits per heavy atom. The van der Waals surface area contributed by atoms with Crippen LogP contribution in [-0.4, -0.2) is 17.1 Å². The number of nitrogens with one attached hydrogen (secondary N) is 1. The zero-order valence-electron chi connectivity index (χ0n) is 9.77. The summed E-state index contributed by atoms with van der Waals surface area (Å²) in [6.45, 7) is 3.68. The third-order valence-corrected chi connectivity index (χ3v) is 2.32. The summed E-state index contributed by atoms with van der Waals surface area (Å²) in [4.78, 5) is 11.7. The van der Waals surface area contributed by atoms with Gasteiger partial charge in [-0.05, 0) is 26.0 Å². The summed E-state index contributed by atoms with van der Waals surface area (Å²) in [5.74, 6) is 0.810. The maximum absolute atomic E-state index is 11.7. The fraction of sp³-hybridized carbons (Fsp3) is 0.333. The van der Waals surface area contributed by atoms with Gasteiger partial charge in [0.2, 0.25) is 5.76 Å². The van der Waals surface area contributed by atoms with Gasteiger partial charge < -0.3 is 14.3 Å². The zero-order valence-corrected chi connectivity index (χ0v) is 9.77. The third kappa shape index (κ3) is 2.96. The molecule has 0 bridgehead atoms. The Labute approximate surface area is 98.8 Å². The molecule has 1 unspecified atom stereocenters. The summed E-state index contributed by atoms with van der Waals surface area (Å²) in [7, 11) is 0. The summed E-state index contributed by atoms with van der Waals surface area (Å²) in [5.41, 5.74) is 0.689. The molecular formula is C12H14N2O3. The molecule has 0 saturated heterocycles. The molecule has 0 aliphatic heterocycles. The zero-order chi connectivity index (χ0) is 12.3. The minimum Gasteiger partial charge on any atom is -0.469 e. The third-order valence-electron chi connectivity index (χ3n) is 2.32. The van der Waals surface area contributed by atoms with Gasteiger partial charge in [0.05, 0.1) is 12.0 Å². The van der Waals surface area contributed by atoms with E-state index in [2.05, 4.69) is 10.5 Å². The average Bonchev–Trinajstić information content (AvgIpc) is 2.89. The normalized spacial score (nSPS) is 12.4. The molecule has 0 aliphatic rings. The molecule has 1 atom stereocenters. The van der Waals surface area contributed by atoms with Crippen LogP contribution in [0.4, 0.5) is 0 Å². The number of hydrogen-bond donors (Lipinski definition) is 1. The van der Waals surface area contributed by atoms with E-state index in [-0.39, 0.29) is 17.7 Å². The van der Waals surface area contributed by atoms with E-state index >= 15 is 0 Å². The molecule has 0 spiro atoms. The molecule has 90 valence electrons. The molecular weight excluding hydrogens is 220 g/mol. The summed E-state index contributed by atoms with van der Waals surface area (Å²) in [5, 5.41) is 6.48. The Bertz CT molecular complexity index is 488. The van der Waals surface area contributed by atoms with E-state index in [9.17, 15) is 4.79 Å². The quantitative estimate of drug-likeness (QED) is 0.877. The van der Waals surface area contributed by atoms with Crippen LogP contribution in [0.1, 0.15) is 28.9 Å². The van der Waals surface area contributed by atoms with Gasteiger partial charge in [0, 0.05) is 18.5 Å². The fourth-order valence-electron chi connectivity index (χ4n) is 1.55. The first kappa shape index (κ1) is 11.4. The lowest BCUT2D eigenvalue weighted by atomic mass is 10.2. The Morgan fingerprint density at radius 3 is 3.00 bits per heavy atom. The van der Waals surface area contributed by atoms with Crippen molar-refractivity contribution in [2.75, 3.05) is 0 Å². The predicted octanol–water partition coefficient (Wildman–Crippen LogP) is 1.94. The second-order valence-electron chi connectivity index (χ2n) is 3.99. The molecule has 0 aromatic carbocycles. The van der Waals surface area contributed by atoms with Crippen molar-refractivity contribution < 1.29 is 13.7 Å². The van der Waals surface area contributed by atoms with Crippen LogP contribution in [0.2, 0.25) is 0 Å². The lowest BCUT2D eigenvalue weighted by Crippen LogP contribution is -2.33. The van der Waals surface area contributed by atoms with Crippen LogP contribution in [0.25, 0.3) is 0 Å². The van der Waals surface area contributed by atoms with Gasteiger partial charge in [-0.3, -0.25) is 4.79 Å². The number of nitrogens with zero attached hydrogens (tertiary/aromatic N) is 1. The van der Waals surface area contributed by atoms with Gasteiger partial charge in [0.15, 0.2) is 0 Å². The lowest BCUT2D eigenvalue weighted by Gasteiger charge is -2.10. The van der Waals surface area contributed by atoms with Crippen LogP contribution in [0, 0.1) is 6.92 Å². The highest BCUT2D eigenvalue weighted by Crippen LogP contribution is 2.06. The van der Waals surface area contributed by atoms with Crippen LogP contribution in [0.5, 0.6) is 0 Å². The SMILES string of the molecule is Cc1cc(C(=O)NC(C)Cc2ccco2)on1. The predicted molar refractivity (Wildman–Crippen MR) is 60.6 cm³/mol. The van der Waals surface area contributed by atoms with E-state index in [0.29, 0.717) is 12.1 Å². The summed E-state index contributed by atoms with van der Waals surface area (Å²) in [6.07, 6.45) is 2.26. The summed E-state index contributed by atoms with van der Waals surface area (Å²) in [6, 6.07) is 5.28. The minimum atomic E-state index is -0.260. The van der Waals surface area contributed by atoms with Crippen molar-refractivity contribution in [2.45, 2.75) is 26.3 Å². The highest BCUT2D eigenvalue weighted by molar-refractivity contribution is 5.91. The maximum atomic E-state index is 11.7. The van der Waals surface area contributed by atoms with E-state index in [4.69, 9.17) is 8.94 Å². The second kappa shape index (κ2) is 4.86. The van der Waals surface area contributed by atoms with Crippen LogP contribution in [0.15, 0.2) is 33.4 Å². The molecule has 2 heterocycles. The van der Waals surface area contributed by atoms with E-state index in [1.807, 2.05) is 19.1 Å². The van der Waals surface area contributed by atoms with Crippen molar-refractivity contribution in [3.63, 3.8) is 0 Å². The minimum absolute atomic E-state index is 0.0287. The molecule has 2 aromatic rings. The van der Waals surface area contributed by atoms with Gasteiger partial charge in [-0.1, -0.05) is 5.16 Å². The van der Waals surface area contributed by atoms with Crippen molar-refractivity contribution in [3.05, 3.63) is 41.7 Å². The van der Waals surface area contributed by atoms with Crippen LogP contribution in [-0.2, 0) is 6.42 Å². The molecule has 0 radical (unpaired) electrons. The first-order chi connectivity index (χ1) is 8.15. The van der Waals surface area contributed by atoms with Crippen molar-refractivity contribution in [1.29, 1.82) is 0 Å². The average molecular weight is 234 g/mol. The Hall–Kier alpha value is -2.04. The van der Waals surface area contributed by atoms with Gasteiger partial charge in [-0.25, -0.2) is 0 Å². The van der Waals surface area contributed by atoms with Gasteiger partial charge in [0.1, 0.15) is 5.76 Å². The topological polar surface area (TPSA) is 68.3 Å². The number of amides is 1. The summed E-state index contributed by atoms with van der Waals surface area (Å²) >= 11 is 0. The standard InChI is InChI=1S/C12H14N2O3/c1-8(6-10-4-3-5-16-10)13-12(15)11-7-9(2)14-17-11/h3-5,7-8H,6H2,1-2H3,(H,13,15). The van der Waals surface area contributed by atoms with E-state index in [1.165, 1.54) is 0 Å². The molecule has 0 saturated carbocycles. The lowest BCUT2D eigenvalue weighted by molar-refractivity contribution is 0.0902. The van der Waals surface area contributed by atoms with E-state index in [0.717, 1.165) is 5.76 Å². The first-order valence-corrected chi connectivity index (χ1v) is 5.41. The molecule has 5 heteroatoms. The van der Waals surface area contributed by atoms with Crippen molar-refractivity contribution in [2.24, 2.45) is 0 Å². The number of hydrogen-bond acceptors (Lipinski definition) is 4. The largest absolute Gasteiger partial charge is 0.469 e. The van der Waals surface area contributed by atoms with Crippen LogP contribution < -0.4 is 5.32 Å². The Morgan fingerprint density at radius 1 is 1.59 bits per heavy atom. The Balaban J connectivity index is 1.90. The number of carbonyl (C=O) groups excluding carboxylic acids is 1. The van der Waals surface area contributed by atoms with Crippen LogP contribution >= 0.6 is 0 Å². The van der Waals surface area contributed by atoms with E-state index in [1.54, 1.807) is 19.3 Å². The molecule has 2 rings (SSSR count). The Kier molecular flexibility index (Phi) is 3.27. The van der Waals surface area contributed by atoms with Gasteiger partial charge in [0.25, 0.3) is 5.91 Å². The molecule has 0 fully saturated rings. The molecule has 1 N–H and O–H groups in total. The number of furan rings is 1. The number of rotatable bonds is 4. The van der Waals surface area contributed by atoms with Gasteiger partial charge in [-0.15, -0.1) is 0 Å². The van der Waals surface area contributed by atoms with Gasteiger partial charge >= 0.3 is 0 Å². The van der Waals surface area contributed by atoms with Crippen LogP contribution in [0.3, 0.4) is 0 Å². The summed E-state index contributed by atoms with van der Waals surface area (Å²) < 4.78 is 10.1. The molecule has 5 nitrogen and oxygen atoms in total. The highest BCUT2D eigenvalue weighted by atomic mass is 16.5. The molecule has 0 aliphatic carbocycles. The maximum Gasteiger partial charge on any atom is 0.290 e. The van der Waals surface area contributed by atoms with Crippen molar-refractivity contribution >= 4 is 5.91 Å². The smallest absolute Gasteiger partial charge is 0.290 e. The first-order valence-electron chi connectivity index (χ1n) is 5.41. The number of aryl methyl sites for hydroxylation is 1. The van der Waals surface area contributed by atoms with Gasteiger partial charge in [-0.2, -0.15) is 0 Å². The van der Waals surface area contributed by atoms with Crippen molar-refractivity contribution in [3.8, 4) is 0 Å². The second-order valence-corrected chi connectivity index (χ2v) is 3.99. The fourth-order valence-corrected chi connectivity index (χ4v) is 1.55. The highest BCUT2D eigenvalue weighted by Gasteiger charge is 2.15. The van der Waals surface area contributed by atoms with Crippen molar-refractivity contribution in [1.82, 2.24) is 10.5 Å².